The molecule has 15 nitrogen and oxygen atoms in total. The fraction of sp³-hybridized carbons (Fsp3) is 0.208. The van der Waals surface area contributed by atoms with Gasteiger partial charge in [-0.25, -0.2) is 9.78 Å². The molecule has 2 aliphatic rings. The smallest absolute Gasteiger partial charge is 0.413 e. The van der Waals surface area contributed by atoms with Gasteiger partial charge in [-0.1, -0.05) is 157 Å². The second kappa shape index (κ2) is 22.0. The molecule has 5 N–H and O–H groups in total. The van der Waals surface area contributed by atoms with Gasteiger partial charge >= 0.3 is 17.9 Å². The molecule has 0 radical (unpaired) electrons. The molecule has 0 aliphatic carbocycles. The zero-order chi connectivity index (χ0) is 50.1. The highest BCUT2D eigenvalue weighted by atomic mass is 32.2. The summed E-state index contributed by atoms with van der Waals surface area (Å²) >= 11 is 8.47. The van der Waals surface area contributed by atoms with Crippen LogP contribution in [0.1, 0.15) is 66.8 Å². The van der Waals surface area contributed by atoms with E-state index in [1.54, 1.807) is 26.2 Å². The molecular formula is C53H49N7O8S3. The van der Waals surface area contributed by atoms with E-state index in [-0.39, 0.29) is 34.6 Å². The van der Waals surface area contributed by atoms with E-state index in [0.717, 1.165) is 22.5 Å². The number of amides is 5. The van der Waals surface area contributed by atoms with Crippen molar-refractivity contribution in [3.05, 3.63) is 202 Å². The maximum absolute atomic E-state index is 14.9. The Kier molecular flexibility index (Phi) is 15.4. The molecule has 362 valence electrons. The molecule has 8 rings (SSSR count). The van der Waals surface area contributed by atoms with Crippen molar-refractivity contribution >= 4 is 80.9 Å². The van der Waals surface area contributed by atoms with E-state index in [4.69, 9.17) is 32.3 Å². The lowest BCUT2D eigenvalue weighted by Crippen LogP contribution is -2.71. The molecule has 1 fully saturated rings. The standard InChI is InChI=1S/C53H49N7O8S3/c1-52(2,3)67-51(65)58-50-56-39(32-71-50)40(59-68-53(36-23-13-6-14-24-36,37-25-15-7-16-26-37)38-27-17-8-18-28-38)45(62)57-41-47(64)60-42(35(31-70-48(41)60)29-30-55-46(63)44(54)61)49(69)66-43(33-19-9-4-10-20-33)34-21-11-5-12-22-34/h4-28,32,41,43,48H,29-31H2,1-3H3,(H2,54,61)(H,55,63)(H,57,62)(H,56,58,65)/b59-40-/t41?,48-/m1/s1. The first-order valence-corrected chi connectivity index (χ1v) is 24.8. The summed E-state index contributed by atoms with van der Waals surface area (Å²) in [6, 6.07) is 46.3. The number of thiocarbonyl (C=S) groups is 1. The number of oxime groups is 1. The van der Waals surface area contributed by atoms with Gasteiger partial charge in [-0.05, 0) is 56.1 Å². The Morgan fingerprint density at radius 3 is 1.83 bits per heavy atom. The molecule has 2 aliphatic heterocycles. The van der Waals surface area contributed by atoms with E-state index in [9.17, 15) is 24.0 Å². The third-order valence-electron chi connectivity index (χ3n) is 11.3. The van der Waals surface area contributed by atoms with Crippen LogP contribution in [0.5, 0.6) is 0 Å². The number of rotatable bonds is 16. The van der Waals surface area contributed by atoms with Gasteiger partial charge in [0.2, 0.25) is 10.7 Å². The fourth-order valence-corrected chi connectivity index (χ4v) is 10.5. The average molecular weight is 1010 g/mol. The van der Waals surface area contributed by atoms with E-state index < -0.39 is 58.4 Å². The molecule has 5 aromatic carbocycles. The van der Waals surface area contributed by atoms with Crippen molar-refractivity contribution in [2.24, 2.45) is 10.9 Å². The maximum atomic E-state index is 14.9. The van der Waals surface area contributed by atoms with Gasteiger partial charge < -0.3 is 30.7 Å². The number of β-lactam (4-membered cyclic amide) rings is 1. The minimum atomic E-state index is -1.40. The second-order valence-corrected chi connectivity index (χ2v) is 19.6. The number of carbonyl (C=O) groups is 5. The van der Waals surface area contributed by atoms with Crippen LogP contribution in [0, 0.1) is 0 Å². The SMILES string of the molecule is CC(C)(C)OC(=O)Nc1nc(/C(=N/OC(c2ccccc2)(c2ccccc2)c2ccccc2)C(=O)NC2C(=O)N3C(C(=S)OC(c4ccccc4)c4ccccc4)=C(CCNC(=O)C(N)=O)CS[C@H]23)cs1. The van der Waals surface area contributed by atoms with Crippen LogP contribution in [0.4, 0.5) is 9.93 Å². The van der Waals surface area contributed by atoms with Crippen LogP contribution in [0.2, 0.25) is 0 Å². The van der Waals surface area contributed by atoms with E-state index in [1.807, 2.05) is 152 Å². The molecule has 0 spiro atoms. The van der Waals surface area contributed by atoms with Gasteiger partial charge in [0.05, 0.1) is 5.70 Å². The third-order valence-corrected chi connectivity index (χ3v) is 13.7. The zero-order valence-corrected chi connectivity index (χ0v) is 41.2. The second-order valence-electron chi connectivity index (χ2n) is 17.3. The van der Waals surface area contributed by atoms with Gasteiger partial charge in [-0.15, -0.1) is 23.1 Å². The number of nitrogens with zero attached hydrogens (tertiary/aromatic N) is 3. The van der Waals surface area contributed by atoms with Crippen LogP contribution in [0.25, 0.3) is 0 Å². The number of anilines is 1. The van der Waals surface area contributed by atoms with Gasteiger partial charge in [-0.3, -0.25) is 29.4 Å². The van der Waals surface area contributed by atoms with Gasteiger partial charge in [0.15, 0.2) is 10.8 Å². The van der Waals surface area contributed by atoms with Crippen molar-refractivity contribution in [3.63, 3.8) is 0 Å². The van der Waals surface area contributed by atoms with Crippen molar-refractivity contribution in [3.8, 4) is 0 Å². The fourth-order valence-electron chi connectivity index (χ4n) is 8.06. The lowest BCUT2D eigenvalue weighted by atomic mass is 9.80. The molecular weight excluding hydrogens is 959 g/mol. The Hall–Kier alpha value is -7.67. The van der Waals surface area contributed by atoms with Crippen molar-refractivity contribution in [2.45, 2.75) is 55.9 Å². The van der Waals surface area contributed by atoms with Crippen LogP contribution < -0.4 is 21.7 Å². The molecule has 71 heavy (non-hydrogen) atoms. The summed E-state index contributed by atoms with van der Waals surface area (Å²) in [5, 5.41) is 13.7. The number of carbonyl (C=O) groups excluding carboxylic acids is 5. The van der Waals surface area contributed by atoms with Gasteiger partial charge in [0, 0.05) is 34.4 Å². The van der Waals surface area contributed by atoms with Gasteiger partial charge in [0.1, 0.15) is 28.8 Å². The van der Waals surface area contributed by atoms with Crippen molar-refractivity contribution in [1.29, 1.82) is 0 Å². The number of hydrogen-bond donors (Lipinski definition) is 4. The summed E-state index contributed by atoms with van der Waals surface area (Å²) in [4.78, 5) is 78.9. The lowest BCUT2D eigenvalue weighted by molar-refractivity contribution is -0.144. The first-order valence-electron chi connectivity index (χ1n) is 22.5. The summed E-state index contributed by atoms with van der Waals surface area (Å²) < 4.78 is 12.1. The van der Waals surface area contributed by atoms with E-state index in [0.29, 0.717) is 33.7 Å². The Labute approximate surface area is 423 Å². The van der Waals surface area contributed by atoms with Crippen LogP contribution >= 0.6 is 35.3 Å². The first kappa shape index (κ1) is 49.7. The summed E-state index contributed by atoms with van der Waals surface area (Å²) in [7, 11) is 0. The average Bonchev–Trinajstić information content (AvgIpc) is 3.83. The topological polar surface area (TPSA) is 204 Å². The first-order chi connectivity index (χ1) is 34.2. The van der Waals surface area contributed by atoms with E-state index in [2.05, 4.69) is 26.1 Å². The number of aromatic nitrogens is 1. The third kappa shape index (κ3) is 11.4. The molecule has 18 heteroatoms. The number of fused-ring (bicyclic) bond motifs is 1. The number of thioether (sulfide) groups is 1. The number of thiazole rings is 1. The minimum absolute atomic E-state index is 0.0181. The highest BCUT2D eigenvalue weighted by molar-refractivity contribution is 8.00. The number of nitrogens with one attached hydrogen (secondary N) is 3. The Morgan fingerprint density at radius 2 is 1.32 bits per heavy atom. The normalized spacial score (nSPS) is 15.7. The summed E-state index contributed by atoms with van der Waals surface area (Å²) in [6.07, 6.45) is -1.21. The maximum Gasteiger partial charge on any atom is 0.413 e. The number of ether oxygens (including phenoxy) is 2. The molecule has 5 amide bonds. The van der Waals surface area contributed by atoms with E-state index in [1.165, 1.54) is 16.7 Å². The van der Waals surface area contributed by atoms with Crippen LogP contribution in [-0.4, -0.2) is 79.7 Å². The molecule has 2 atom stereocenters. The quantitative estimate of drug-likeness (QED) is 0.0183. The molecule has 3 heterocycles. The summed E-state index contributed by atoms with van der Waals surface area (Å²) in [6.45, 7) is 5.22. The van der Waals surface area contributed by atoms with Crippen molar-refractivity contribution in [2.75, 3.05) is 17.6 Å². The predicted molar refractivity (Wildman–Crippen MR) is 276 cm³/mol. The Balaban J connectivity index is 1.14. The number of nitrogens with two attached hydrogens (primary N) is 1. The zero-order valence-electron chi connectivity index (χ0n) is 38.8. The predicted octanol–water partition coefficient (Wildman–Crippen LogP) is 7.98. The Bertz CT molecular complexity index is 2830. The van der Waals surface area contributed by atoms with Gasteiger partial charge in [0.25, 0.3) is 11.8 Å². The number of benzene rings is 5. The highest BCUT2D eigenvalue weighted by Gasteiger charge is 2.54. The lowest BCUT2D eigenvalue weighted by Gasteiger charge is -2.50. The minimum Gasteiger partial charge on any atom is -0.469 e. The van der Waals surface area contributed by atoms with Crippen LogP contribution in [0.3, 0.4) is 0 Å². The molecule has 1 saturated heterocycles. The van der Waals surface area contributed by atoms with Gasteiger partial charge in [-0.2, -0.15) is 0 Å². The van der Waals surface area contributed by atoms with Crippen LogP contribution in [-0.2, 0) is 39.1 Å². The molecule has 1 unspecified atom stereocenters. The van der Waals surface area contributed by atoms with Crippen molar-refractivity contribution in [1.82, 2.24) is 20.5 Å². The number of primary amides is 1. The van der Waals surface area contributed by atoms with Crippen LogP contribution in [0.15, 0.2) is 173 Å². The largest absolute Gasteiger partial charge is 0.469 e. The summed E-state index contributed by atoms with van der Waals surface area (Å²) in [5.41, 5.74) is 7.51. The highest BCUT2D eigenvalue weighted by Crippen LogP contribution is 2.44. The number of hydrogen-bond acceptors (Lipinski definition) is 13. The molecule has 0 bridgehead atoms. The monoisotopic (exact) mass is 1010 g/mol. The van der Waals surface area contributed by atoms with E-state index >= 15 is 0 Å². The Morgan fingerprint density at radius 1 is 0.803 bits per heavy atom. The molecule has 1 aromatic heterocycles. The van der Waals surface area contributed by atoms with Crippen molar-refractivity contribution < 1.29 is 38.3 Å². The molecule has 0 saturated carbocycles. The summed E-state index contributed by atoms with van der Waals surface area (Å²) in [5.74, 6) is -3.06. The molecule has 6 aromatic rings.